The van der Waals surface area contributed by atoms with Gasteiger partial charge in [-0.1, -0.05) is 23.7 Å². The number of fused-ring (bicyclic) bond motifs is 1. The van der Waals surface area contributed by atoms with E-state index in [0.717, 1.165) is 16.6 Å². The molecule has 0 unspecified atom stereocenters. The Morgan fingerprint density at radius 2 is 2.19 bits per heavy atom. The number of nitrogens with zero attached hydrogens (tertiary/aromatic N) is 1. The fourth-order valence-corrected chi connectivity index (χ4v) is 1.60. The first-order valence-electron chi connectivity index (χ1n) is 5.05. The minimum Gasteiger partial charge on any atom is -0.294 e. The van der Waals surface area contributed by atoms with Crippen molar-refractivity contribution in [3.05, 3.63) is 36.0 Å². The highest BCUT2D eigenvalue weighted by molar-refractivity contribution is 6.33. The van der Waals surface area contributed by atoms with E-state index in [4.69, 9.17) is 5.84 Å². The standard InChI is InChI=1S/C11H12BN3O/c12-8-2-4-10-7(5-8)1-3-9(14-10)6-11(16)15-13/h1-5H,6,12-13H2,(H,15,16). The van der Waals surface area contributed by atoms with Crippen LogP contribution in [0, 0.1) is 0 Å². The van der Waals surface area contributed by atoms with Crippen molar-refractivity contribution in [2.24, 2.45) is 5.84 Å². The van der Waals surface area contributed by atoms with Crippen LogP contribution in [0.4, 0.5) is 0 Å². The molecule has 0 spiro atoms. The van der Waals surface area contributed by atoms with Crippen LogP contribution >= 0.6 is 0 Å². The van der Waals surface area contributed by atoms with Gasteiger partial charge in [0.2, 0.25) is 5.91 Å². The first-order valence-corrected chi connectivity index (χ1v) is 5.05. The summed E-state index contributed by atoms with van der Waals surface area (Å²) in [4.78, 5) is 15.5. The van der Waals surface area contributed by atoms with Crippen LogP contribution in [0.15, 0.2) is 30.3 Å². The van der Waals surface area contributed by atoms with Crippen molar-refractivity contribution < 1.29 is 4.79 Å². The summed E-state index contributed by atoms with van der Waals surface area (Å²) in [6, 6.07) is 9.83. The maximum Gasteiger partial charge on any atom is 0.239 e. The number of hydrogen-bond donors (Lipinski definition) is 2. The predicted octanol–water partition coefficient (Wildman–Crippen LogP) is -0.974. The molecule has 0 aliphatic heterocycles. The third kappa shape index (κ3) is 2.20. The van der Waals surface area contributed by atoms with E-state index in [1.165, 1.54) is 5.46 Å². The second-order valence-electron chi connectivity index (χ2n) is 3.74. The third-order valence-corrected chi connectivity index (χ3v) is 2.41. The van der Waals surface area contributed by atoms with Crippen LogP contribution < -0.4 is 16.7 Å². The van der Waals surface area contributed by atoms with Crippen LogP contribution in [-0.2, 0) is 11.2 Å². The Bertz CT molecular complexity index is 542. The van der Waals surface area contributed by atoms with Crippen molar-refractivity contribution >= 4 is 30.1 Å². The van der Waals surface area contributed by atoms with Crippen LogP contribution in [0.1, 0.15) is 5.69 Å². The molecule has 0 radical (unpaired) electrons. The average molecular weight is 213 g/mol. The Kier molecular flexibility index (Phi) is 2.87. The number of benzene rings is 1. The number of aromatic nitrogens is 1. The molecule has 0 atom stereocenters. The molecule has 1 amide bonds. The van der Waals surface area contributed by atoms with E-state index in [1.807, 2.05) is 32.1 Å². The number of hydrogen-bond acceptors (Lipinski definition) is 3. The molecule has 80 valence electrons. The summed E-state index contributed by atoms with van der Waals surface area (Å²) in [5, 5.41) is 1.08. The smallest absolute Gasteiger partial charge is 0.239 e. The van der Waals surface area contributed by atoms with Gasteiger partial charge in [0.1, 0.15) is 7.85 Å². The number of carbonyl (C=O) groups is 1. The molecule has 5 heteroatoms. The molecule has 1 heterocycles. The van der Waals surface area contributed by atoms with Crippen LogP contribution in [0.25, 0.3) is 10.9 Å². The fourth-order valence-electron chi connectivity index (χ4n) is 1.60. The molecule has 0 fully saturated rings. The van der Waals surface area contributed by atoms with Crippen molar-refractivity contribution in [3.63, 3.8) is 0 Å². The van der Waals surface area contributed by atoms with E-state index >= 15 is 0 Å². The van der Waals surface area contributed by atoms with Crippen molar-refractivity contribution in [1.82, 2.24) is 10.4 Å². The highest BCUT2D eigenvalue weighted by Crippen LogP contribution is 2.10. The van der Waals surface area contributed by atoms with Gasteiger partial charge in [-0.15, -0.1) is 0 Å². The topological polar surface area (TPSA) is 68.0 Å². The second kappa shape index (κ2) is 4.32. The highest BCUT2D eigenvalue weighted by atomic mass is 16.2. The lowest BCUT2D eigenvalue weighted by Gasteiger charge is -2.03. The molecule has 0 bridgehead atoms. The predicted molar refractivity (Wildman–Crippen MR) is 66.0 cm³/mol. The summed E-state index contributed by atoms with van der Waals surface area (Å²) >= 11 is 0. The van der Waals surface area contributed by atoms with E-state index in [9.17, 15) is 4.79 Å². The molecule has 0 saturated carbocycles. The molecule has 4 nitrogen and oxygen atoms in total. The molecule has 3 N–H and O–H groups in total. The summed E-state index contributed by atoms with van der Waals surface area (Å²) in [6.45, 7) is 0. The molecule has 0 saturated heterocycles. The van der Waals surface area contributed by atoms with E-state index < -0.39 is 0 Å². The number of nitrogens with one attached hydrogen (secondary N) is 1. The number of hydrazine groups is 1. The maximum absolute atomic E-state index is 11.1. The van der Waals surface area contributed by atoms with E-state index in [-0.39, 0.29) is 12.3 Å². The summed E-state index contributed by atoms with van der Waals surface area (Å²) in [7, 11) is 2.04. The van der Waals surface area contributed by atoms with E-state index in [0.29, 0.717) is 0 Å². The van der Waals surface area contributed by atoms with Gasteiger partial charge < -0.3 is 0 Å². The zero-order valence-electron chi connectivity index (χ0n) is 9.03. The van der Waals surface area contributed by atoms with Gasteiger partial charge in [0.05, 0.1) is 17.6 Å². The number of rotatable bonds is 2. The molecular weight excluding hydrogens is 201 g/mol. The first kappa shape index (κ1) is 10.6. The van der Waals surface area contributed by atoms with Crippen LogP contribution in [0.2, 0.25) is 0 Å². The van der Waals surface area contributed by atoms with E-state index in [2.05, 4.69) is 16.5 Å². The molecular formula is C11H12BN3O. The number of amides is 1. The summed E-state index contributed by atoms with van der Waals surface area (Å²) in [5.74, 6) is 4.79. The van der Waals surface area contributed by atoms with Gasteiger partial charge in [-0.3, -0.25) is 15.2 Å². The normalized spacial score (nSPS) is 10.3. The largest absolute Gasteiger partial charge is 0.294 e. The van der Waals surface area contributed by atoms with Gasteiger partial charge in [-0.05, 0) is 17.5 Å². The van der Waals surface area contributed by atoms with Gasteiger partial charge in [0, 0.05) is 0 Å². The lowest BCUT2D eigenvalue weighted by molar-refractivity contribution is -0.120. The number of carbonyl (C=O) groups excluding carboxylic acids is 1. The number of nitrogens with two attached hydrogens (primary N) is 1. The zero-order valence-corrected chi connectivity index (χ0v) is 9.03. The molecule has 16 heavy (non-hydrogen) atoms. The third-order valence-electron chi connectivity index (χ3n) is 2.41. The SMILES string of the molecule is Bc1ccc2nc(CC(=O)NN)ccc2c1. The molecule has 1 aromatic heterocycles. The second-order valence-corrected chi connectivity index (χ2v) is 3.74. The van der Waals surface area contributed by atoms with Crippen LogP contribution in [-0.4, -0.2) is 18.7 Å². The Hall–Kier alpha value is -1.88. The van der Waals surface area contributed by atoms with Crippen LogP contribution in [0.3, 0.4) is 0 Å². The van der Waals surface area contributed by atoms with Crippen molar-refractivity contribution in [1.29, 1.82) is 0 Å². The number of pyridine rings is 1. The Labute approximate surface area is 94.2 Å². The van der Waals surface area contributed by atoms with Gasteiger partial charge in [0.15, 0.2) is 0 Å². The lowest BCUT2D eigenvalue weighted by Crippen LogP contribution is -2.31. The Morgan fingerprint density at radius 1 is 1.38 bits per heavy atom. The molecule has 2 aromatic rings. The highest BCUT2D eigenvalue weighted by Gasteiger charge is 2.03. The van der Waals surface area contributed by atoms with Crippen molar-refractivity contribution in [3.8, 4) is 0 Å². The quantitative estimate of drug-likeness (QED) is 0.292. The lowest BCUT2D eigenvalue weighted by atomic mass is 9.95. The average Bonchev–Trinajstić information content (AvgIpc) is 2.29. The monoisotopic (exact) mass is 213 g/mol. The van der Waals surface area contributed by atoms with Gasteiger partial charge in [-0.25, -0.2) is 5.84 Å². The van der Waals surface area contributed by atoms with Gasteiger partial charge in [-0.2, -0.15) is 0 Å². The summed E-state index contributed by atoms with van der Waals surface area (Å²) < 4.78 is 0. The maximum atomic E-state index is 11.1. The zero-order chi connectivity index (χ0) is 11.5. The summed E-state index contributed by atoms with van der Waals surface area (Å²) in [5.41, 5.74) is 4.91. The minimum atomic E-state index is -0.237. The van der Waals surface area contributed by atoms with Crippen molar-refractivity contribution in [2.45, 2.75) is 6.42 Å². The summed E-state index contributed by atoms with van der Waals surface area (Å²) in [6.07, 6.45) is 0.209. The Morgan fingerprint density at radius 3 is 2.94 bits per heavy atom. The Balaban J connectivity index is 2.37. The van der Waals surface area contributed by atoms with Crippen molar-refractivity contribution in [2.75, 3.05) is 0 Å². The minimum absolute atomic E-state index is 0.209. The van der Waals surface area contributed by atoms with E-state index in [1.54, 1.807) is 0 Å². The molecule has 0 aliphatic rings. The first-order chi connectivity index (χ1) is 7.69. The van der Waals surface area contributed by atoms with Gasteiger partial charge >= 0.3 is 0 Å². The molecule has 2 rings (SSSR count). The molecule has 0 aliphatic carbocycles. The van der Waals surface area contributed by atoms with Crippen LogP contribution in [0.5, 0.6) is 0 Å². The van der Waals surface area contributed by atoms with Gasteiger partial charge in [0.25, 0.3) is 0 Å². The molecule has 1 aromatic carbocycles. The fraction of sp³-hybridized carbons (Fsp3) is 0.0909.